The predicted octanol–water partition coefficient (Wildman–Crippen LogP) is 4.07. The van der Waals surface area contributed by atoms with Crippen molar-refractivity contribution in [2.75, 3.05) is 0 Å². The second-order valence-electron chi connectivity index (χ2n) is 5.21. The van der Waals surface area contributed by atoms with E-state index in [1.165, 1.54) is 28.0 Å². The van der Waals surface area contributed by atoms with Crippen molar-refractivity contribution in [1.82, 2.24) is 5.32 Å². The highest BCUT2D eigenvalue weighted by Crippen LogP contribution is 2.23. The Morgan fingerprint density at radius 1 is 1.00 bits per heavy atom. The summed E-state index contributed by atoms with van der Waals surface area (Å²) >= 11 is 0. The zero-order valence-electron chi connectivity index (χ0n) is 11.3. The van der Waals surface area contributed by atoms with Gasteiger partial charge in [0.1, 0.15) is 0 Å². The van der Waals surface area contributed by atoms with Gasteiger partial charge in [-0.15, -0.1) is 0 Å². The van der Waals surface area contributed by atoms with Gasteiger partial charge in [0, 0.05) is 12.2 Å². The van der Waals surface area contributed by atoms with Crippen LogP contribution in [0.2, 0.25) is 0 Å². The summed E-state index contributed by atoms with van der Waals surface area (Å²) in [6.07, 6.45) is 4.55. The molecule has 0 saturated heterocycles. The van der Waals surface area contributed by atoms with Crippen LogP contribution in [0, 0.1) is 6.92 Å². The van der Waals surface area contributed by atoms with Gasteiger partial charge in [-0.05, 0) is 42.5 Å². The zero-order chi connectivity index (χ0) is 13.1. The first-order valence-corrected chi connectivity index (χ1v) is 6.89. The van der Waals surface area contributed by atoms with Crippen molar-refractivity contribution in [3.8, 4) is 0 Å². The summed E-state index contributed by atoms with van der Waals surface area (Å²) in [5.41, 5.74) is 6.88. The molecule has 0 saturated carbocycles. The van der Waals surface area contributed by atoms with Crippen LogP contribution in [0.3, 0.4) is 0 Å². The number of nitrogens with one attached hydrogen (secondary N) is 1. The monoisotopic (exact) mass is 249 g/mol. The van der Waals surface area contributed by atoms with Gasteiger partial charge in [0.25, 0.3) is 0 Å². The summed E-state index contributed by atoms with van der Waals surface area (Å²) in [7, 11) is 0. The highest BCUT2D eigenvalue weighted by Gasteiger charge is 2.09. The Bertz CT molecular complexity index is 596. The van der Waals surface area contributed by atoms with E-state index < -0.39 is 0 Å². The Hall–Kier alpha value is -2.02. The molecule has 0 spiro atoms. The number of benzene rings is 2. The van der Waals surface area contributed by atoms with Crippen LogP contribution in [0.25, 0.3) is 6.08 Å². The molecule has 1 N–H and O–H groups in total. The fourth-order valence-electron chi connectivity index (χ4n) is 2.57. The van der Waals surface area contributed by atoms with Gasteiger partial charge in [-0.1, -0.05) is 54.1 Å². The fraction of sp³-hybridized carbons (Fsp3) is 0.222. The molecule has 0 bridgehead atoms. The summed E-state index contributed by atoms with van der Waals surface area (Å²) < 4.78 is 0. The van der Waals surface area contributed by atoms with E-state index in [9.17, 15) is 0 Å². The summed E-state index contributed by atoms with van der Waals surface area (Å²) in [5, 5.41) is 3.55. The van der Waals surface area contributed by atoms with Crippen molar-refractivity contribution in [2.45, 2.75) is 26.3 Å². The Morgan fingerprint density at radius 2 is 1.84 bits per heavy atom. The van der Waals surface area contributed by atoms with Crippen LogP contribution in [0.5, 0.6) is 0 Å². The number of aryl methyl sites for hydroxylation is 2. The smallest absolute Gasteiger partial charge is 0.0397 e. The van der Waals surface area contributed by atoms with Crippen LogP contribution in [0.4, 0.5) is 0 Å². The second-order valence-corrected chi connectivity index (χ2v) is 5.21. The Kier molecular flexibility index (Phi) is 3.37. The second kappa shape index (κ2) is 5.31. The average Bonchev–Trinajstić information content (AvgIpc) is 2.46. The molecule has 19 heavy (non-hydrogen) atoms. The lowest BCUT2D eigenvalue weighted by atomic mass is 9.94. The summed E-state index contributed by atoms with van der Waals surface area (Å²) in [5.74, 6) is 0. The van der Waals surface area contributed by atoms with E-state index >= 15 is 0 Å². The van der Waals surface area contributed by atoms with Crippen LogP contribution in [0.1, 0.15) is 28.7 Å². The standard InChI is InChI=1S/C18H19N/c1-14-7-8-17-12-18(10-9-16(17)11-14)19-13-15-5-3-2-4-6-15/h2-8,11-12,19H,9-10,13H2,1H3. The lowest BCUT2D eigenvalue weighted by Crippen LogP contribution is -2.15. The quantitative estimate of drug-likeness (QED) is 0.864. The maximum atomic E-state index is 3.55. The first kappa shape index (κ1) is 12.0. The minimum Gasteiger partial charge on any atom is -0.384 e. The topological polar surface area (TPSA) is 12.0 Å². The molecule has 0 atom stereocenters. The molecule has 1 heteroatoms. The van der Waals surface area contributed by atoms with Crippen LogP contribution in [0.15, 0.2) is 54.2 Å². The SMILES string of the molecule is Cc1ccc2c(c1)CCC(NCc1ccccc1)=C2. The van der Waals surface area contributed by atoms with Crippen LogP contribution in [-0.2, 0) is 13.0 Å². The molecule has 1 aliphatic carbocycles. The van der Waals surface area contributed by atoms with Crippen LogP contribution >= 0.6 is 0 Å². The van der Waals surface area contributed by atoms with Gasteiger partial charge >= 0.3 is 0 Å². The van der Waals surface area contributed by atoms with Gasteiger partial charge in [0.15, 0.2) is 0 Å². The first-order chi connectivity index (χ1) is 9.31. The molecule has 0 aliphatic heterocycles. The van der Waals surface area contributed by atoms with Gasteiger partial charge < -0.3 is 5.32 Å². The summed E-state index contributed by atoms with van der Waals surface area (Å²) in [4.78, 5) is 0. The minimum absolute atomic E-state index is 0.911. The number of hydrogen-bond acceptors (Lipinski definition) is 1. The molecule has 0 aromatic heterocycles. The first-order valence-electron chi connectivity index (χ1n) is 6.89. The minimum atomic E-state index is 0.911. The molecule has 96 valence electrons. The van der Waals surface area contributed by atoms with E-state index in [1.807, 2.05) is 0 Å². The van der Waals surface area contributed by atoms with E-state index in [-0.39, 0.29) is 0 Å². The van der Waals surface area contributed by atoms with Gasteiger partial charge in [0.05, 0.1) is 0 Å². The largest absolute Gasteiger partial charge is 0.384 e. The Labute approximate surface area is 115 Å². The molecule has 0 heterocycles. The lowest BCUT2D eigenvalue weighted by Gasteiger charge is -2.18. The third-order valence-electron chi connectivity index (χ3n) is 3.65. The average molecular weight is 249 g/mol. The number of rotatable bonds is 3. The number of fused-ring (bicyclic) bond motifs is 1. The van der Waals surface area contributed by atoms with Crippen molar-refractivity contribution in [3.05, 3.63) is 76.5 Å². The van der Waals surface area contributed by atoms with Gasteiger partial charge in [-0.3, -0.25) is 0 Å². The highest BCUT2D eigenvalue weighted by atomic mass is 14.9. The molecule has 0 radical (unpaired) electrons. The summed E-state index contributed by atoms with van der Waals surface area (Å²) in [6.45, 7) is 3.07. The van der Waals surface area contributed by atoms with Gasteiger partial charge in [-0.2, -0.15) is 0 Å². The highest BCUT2D eigenvalue weighted by molar-refractivity contribution is 5.59. The maximum Gasteiger partial charge on any atom is 0.0397 e. The van der Waals surface area contributed by atoms with Crippen LogP contribution < -0.4 is 5.32 Å². The van der Waals surface area contributed by atoms with Gasteiger partial charge in [0.2, 0.25) is 0 Å². The Balaban J connectivity index is 1.72. The fourth-order valence-corrected chi connectivity index (χ4v) is 2.57. The van der Waals surface area contributed by atoms with E-state index in [0.717, 1.165) is 19.4 Å². The van der Waals surface area contributed by atoms with E-state index in [2.05, 4.69) is 66.8 Å². The normalized spacial score (nSPS) is 13.6. The molecule has 0 fully saturated rings. The number of hydrogen-bond donors (Lipinski definition) is 1. The maximum absolute atomic E-state index is 3.55. The van der Waals surface area contributed by atoms with Gasteiger partial charge in [-0.25, -0.2) is 0 Å². The molecular weight excluding hydrogens is 230 g/mol. The summed E-state index contributed by atoms with van der Waals surface area (Å²) in [6, 6.07) is 17.3. The molecule has 1 aliphatic rings. The lowest BCUT2D eigenvalue weighted by molar-refractivity contribution is 0.744. The van der Waals surface area contributed by atoms with Crippen LogP contribution in [-0.4, -0.2) is 0 Å². The third-order valence-corrected chi connectivity index (χ3v) is 3.65. The third kappa shape index (κ3) is 2.87. The molecule has 2 aromatic rings. The zero-order valence-corrected chi connectivity index (χ0v) is 11.3. The number of allylic oxidation sites excluding steroid dienone is 1. The molecular formula is C18H19N. The molecule has 3 rings (SSSR count). The van der Waals surface area contributed by atoms with Crippen molar-refractivity contribution in [3.63, 3.8) is 0 Å². The molecule has 0 unspecified atom stereocenters. The predicted molar refractivity (Wildman–Crippen MR) is 80.8 cm³/mol. The van der Waals surface area contributed by atoms with E-state index in [4.69, 9.17) is 0 Å². The Morgan fingerprint density at radius 3 is 2.68 bits per heavy atom. The molecule has 0 amide bonds. The van der Waals surface area contributed by atoms with Crippen molar-refractivity contribution < 1.29 is 0 Å². The van der Waals surface area contributed by atoms with Crippen molar-refractivity contribution in [1.29, 1.82) is 0 Å². The molecule has 1 nitrogen and oxygen atoms in total. The van der Waals surface area contributed by atoms with E-state index in [1.54, 1.807) is 0 Å². The van der Waals surface area contributed by atoms with Crippen molar-refractivity contribution in [2.24, 2.45) is 0 Å². The van der Waals surface area contributed by atoms with Crippen molar-refractivity contribution >= 4 is 6.08 Å². The van der Waals surface area contributed by atoms with E-state index in [0.29, 0.717) is 0 Å². The molecule has 2 aromatic carbocycles.